The van der Waals surface area contributed by atoms with E-state index in [-0.39, 0.29) is 29.1 Å². The Morgan fingerprint density at radius 3 is 2.30 bits per heavy atom. The lowest BCUT2D eigenvalue weighted by molar-refractivity contribution is -0.145. The highest BCUT2D eigenvalue weighted by molar-refractivity contribution is 5.97. The number of likely N-dealkylation sites (N-methyl/N-ethyl adjacent to an activating group) is 1. The normalized spacial score (nSPS) is 18.5. The van der Waals surface area contributed by atoms with Gasteiger partial charge in [-0.3, -0.25) is 4.79 Å². The first-order chi connectivity index (χ1) is 15.0. The largest absolute Gasteiger partial charge is 0.487 e. The standard InChI is InChI=1S/C18H20FN3O4.C3H6O3.H2O/c1-10-9-26-17-14-11(16(23)12(18(24)25)8-22(10)14)7-13(19)15(17)21-5-3-20(2)4-6-21;1-2(4)3(5)6;/h7-8,10H,3-6,9H2,1-2H3,(H,24,25);2,4H,1H3,(H,5,6);1H2/t10-;;/m0../s1. The van der Waals surface area contributed by atoms with Gasteiger partial charge >= 0.3 is 11.9 Å². The van der Waals surface area contributed by atoms with Crippen molar-refractivity contribution in [3.63, 3.8) is 0 Å². The van der Waals surface area contributed by atoms with Gasteiger partial charge in [-0.2, -0.15) is 0 Å². The van der Waals surface area contributed by atoms with Gasteiger partial charge in [-0.25, -0.2) is 14.0 Å². The molecule has 0 radical (unpaired) electrons. The van der Waals surface area contributed by atoms with Crippen molar-refractivity contribution in [3.05, 3.63) is 33.9 Å². The maximum absolute atomic E-state index is 15.0. The second-order valence-corrected chi connectivity index (χ2v) is 7.98. The SMILES string of the molecule is CC(O)C(=O)O.C[C@H]1COc2c(N3CCN(C)CC3)c(F)cc3c(=O)c(C(=O)O)cn1c23.O. The Hall–Kier alpha value is -3.22. The Balaban J connectivity index is 0.000000491. The molecule has 1 aromatic heterocycles. The first kappa shape index (κ1) is 26.0. The third kappa shape index (κ3) is 5.07. The molecule has 2 aromatic rings. The van der Waals surface area contributed by atoms with Crippen LogP contribution in [0.25, 0.3) is 10.9 Å². The molecule has 2 aliphatic rings. The number of halogens is 1. The number of aromatic nitrogens is 1. The van der Waals surface area contributed by atoms with Crippen molar-refractivity contribution >= 4 is 28.5 Å². The second kappa shape index (κ2) is 10.1. The molecule has 0 saturated carbocycles. The van der Waals surface area contributed by atoms with Crippen LogP contribution < -0.4 is 15.1 Å². The fourth-order valence-electron chi connectivity index (χ4n) is 3.69. The molecule has 5 N–H and O–H groups in total. The minimum absolute atomic E-state index is 0. The average molecular weight is 469 g/mol. The number of carbonyl (C=O) groups is 2. The van der Waals surface area contributed by atoms with E-state index in [1.54, 1.807) is 4.57 Å². The molecule has 2 aliphatic heterocycles. The summed E-state index contributed by atoms with van der Waals surface area (Å²) in [5, 5.41) is 25.1. The number of nitrogens with zero attached hydrogens (tertiary/aromatic N) is 3. The predicted octanol–water partition coefficient (Wildman–Crippen LogP) is 0.171. The fraction of sp³-hybridized carbons (Fsp3) is 0.476. The molecule has 0 bridgehead atoms. The van der Waals surface area contributed by atoms with Crippen LogP contribution >= 0.6 is 0 Å². The summed E-state index contributed by atoms with van der Waals surface area (Å²) in [4.78, 5) is 37.5. The van der Waals surface area contributed by atoms with Crippen LogP contribution in [0.1, 0.15) is 30.2 Å². The number of aliphatic carboxylic acids is 1. The quantitative estimate of drug-likeness (QED) is 0.568. The predicted molar refractivity (Wildman–Crippen MR) is 118 cm³/mol. The maximum atomic E-state index is 15.0. The number of hydrogen-bond donors (Lipinski definition) is 3. The zero-order valence-electron chi connectivity index (χ0n) is 18.5. The summed E-state index contributed by atoms with van der Waals surface area (Å²) in [6, 6.07) is 0.994. The maximum Gasteiger partial charge on any atom is 0.341 e. The lowest BCUT2D eigenvalue weighted by Gasteiger charge is -2.37. The molecule has 11 nitrogen and oxygen atoms in total. The van der Waals surface area contributed by atoms with E-state index in [0.717, 1.165) is 19.2 Å². The highest BCUT2D eigenvalue weighted by atomic mass is 19.1. The molecule has 2 atom stereocenters. The van der Waals surface area contributed by atoms with Gasteiger partial charge in [-0.15, -0.1) is 0 Å². The summed E-state index contributed by atoms with van der Waals surface area (Å²) in [5.41, 5.74) is -0.224. The summed E-state index contributed by atoms with van der Waals surface area (Å²) < 4.78 is 22.6. The third-order valence-electron chi connectivity index (χ3n) is 5.55. The Kier molecular flexibility index (Phi) is 8.01. The lowest BCUT2D eigenvalue weighted by atomic mass is 10.1. The van der Waals surface area contributed by atoms with Crippen LogP contribution in [-0.2, 0) is 4.79 Å². The van der Waals surface area contributed by atoms with E-state index in [1.807, 2.05) is 18.9 Å². The minimum atomic E-state index is -1.32. The number of carboxylic acid groups (broad SMARTS) is 2. The van der Waals surface area contributed by atoms with Gasteiger partial charge in [0.2, 0.25) is 5.43 Å². The van der Waals surface area contributed by atoms with Gasteiger partial charge in [-0.1, -0.05) is 0 Å². The summed E-state index contributed by atoms with van der Waals surface area (Å²) in [7, 11) is 2.02. The van der Waals surface area contributed by atoms with Crippen molar-refractivity contribution in [2.45, 2.75) is 26.0 Å². The molecule has 1 aromatic carbocycles. The summed E-state index contributed by atoms with van der Waals surface area (Å²) in [6.07, 6.45) is 0.111. The smallest absolute Gasteiger partial charge is 0.341 e. The van der Waals surface area contributed by atoms with E-state index >= 15 is 0 Å². The summed E-state index contributed by atoms with van der Waals surface area (Å²) >= 11 is 0. The number of anilines is 1. The highest BCUT2D eigenvalue weighted by Gasteiger charge is 2.30. The van der Waals surface area contributed by atoms with E-state index in [2.05, 4.69) is 4.90 Å². The van der Waals surface area contributed by atoms with Crippen molar-refractivity contribution < 1.29 is 39.5 Å². The molecule has 0 amide bonds. The molecule has 1 unspecified atom stereocenters. The van der Waals surface area contributed by atoms with Crippen LogP contribution in [0.4, 0.5) is 10.1 Å². The van der Waals surface area contributed by atoms with E-state index in [9.17, 15) is 23.9 Å². The van der Waals surface area contributed by atoms with Gasteiger partial charge in [0.15, 0.2) is 11.6 Å². The average Bonchev–Trinajstić information content (AvgIpc) is 2.73. The van der Waals surface area contributed by atoms with Crippen LogP contribution in [-0.4, -0.2) is 88.1 Å². The minimum Gasteiger partial charge on any atom is -0.487 e. The molecular weight excluding hydrogens is 441 g/mol. The Morgan fingerprint density at radius 2 is 1.79 bits per heavy atom. The first-order valence-corrected chi connectivity index (χ1v) is 10.1. The summed E-state index contributed by atoms with van der Waals surface area (Å²) in [5.74, 6) is -2.73. The van der Waals surface area contributed by atoms with E-state index < -0.39 is 29.3 Å². The number of piperazine rings is 1. The Labute approximate surface area is 188 Å². The highest BCUT2D eigenvalue weighted by Crippen LogP contribution is 2.42. The first-order valence-electron chi connectivity index (χ1n) is 10.1. The van der Waals surface area contributed by atoms with Crippen molar-refractivity contribution in [2.24, 2.45) is 0 Å². The number of aliphatic hydroxyl groups is 1. The number of rotatable bonds is 3. The van der Waals surface area contributed by atoms with Gasteiger partial charge in [0.1, 0.15) is 24.0 Å². The number of benzene rings is 1. The van der Waals surface area contributed by atoms with E-state index in [4.69, 9.17) is 14.9 Å². The molecule has 33 heavy (non-hydrogen) atoms. The van der Waals surface area contributed by atoms with Gasteiger partial charge in [-0.05, 0) is 27.0 Å². The molecule has 4 rings (SSSR count). The molecule has 1 fully saturated rings. The third-order valence-corrected chi connectivity index (χ3v) is 5.55. The number of aromatic carboxylic acids is 1. The zero-order valence-corrected chi connectivity index (χ0v) is 18.5. The van der Waals surface area contributed by atoms with E-state index in [0.29, 0.717) is 30.0 Å². The molecule has 0 spiro atoms. The van der Waals surface area contributed by atoms with Gasteiger partial charge < -0.3 is 39.9 Å². The number of aliphatic hydroxyl groups excluding tert-OH is 1. The van der Waals surface area contributed by atoms with Crippen LogP contribution in [0.3, 0.4) is 0 Å². The van der Waals surface area contributed by atoms with Crippen molar-refractivity contribution in [3.8, 4) is 5.75 Å². The second-order valence-electron chi connectivity index (χ2n) is 7.98. The van der Waals surface area contributed by atoms with Crippen LogP contribution in [0.5, 0.6) is 5.75 Å². The zero-order chi connectivity index (χ0) is 23.7. The fourth-order valence-corrected chi connectivity index (χ4v) is 3.69. The van der Waals surface area contributed by atoms with Crippen molar-refractivity contribution in [1.29, 1.82) is 0 Å². The van der Waals surface area contributed by atoms with Crippen LogP contribution in [0.2, 0.25) is 0 Å². The Morgan fingerprint density at radius 1 is 1.21 bits per heavy atom. The van der Waals surface area contributed by atoms with Crippen molar-refractivity contribution in [2.75, 3.05) is 44.7 Å². The summed E-state index contributed by atoms with van der Waals surface area (Å²) in [6.45, 7) is 6.27. The van der Waals surface area contributed by atoms with Gasteiger partial charge in [0, 0.05) is 32.4 Å². The molecular formula is C21H28FN3O8. The van der Waals surface area contributed by atoms with Crippen LogP contribution in [0, 0.1) is 5.82 Å². The molecule has 1 saturated heterocycles. The molecule has 0 aliphatic carbocycles. The van der Waals surface area contributed by atoms with Gasteiger partial charge in [0.05, 0.1) is 16.9 Å². The number of ether oxygens (including phenoxy) is 1. The molecule has 12 heteroatoms. The molecule has 3 heterocycles. The van der Waals surface area contributed by atoms with Gasteiger partial charge in [0.25, 0.3) is 0 Å². The van der Waals surface area contributed by atoms with E-state index in [1.165, 1.54) is 13.1 Å². The monoisotopic (exact) mass is 469 g/mol. The Bertz CT molecular complexity index is 1110. The molecule has 182 valence electrons. The number of carboxylic acids is 2. The number of hydrogen-bond acceptors (Lipinski definition) is 7. The topological polar surface area (TPSA) is 164 Å². The lowest BCUT2D eigenvalue weighted by Crippen LogP contribution is -2.45. The number of pyridine rings is 1. The van der Waals surface area contributed by atoms with Crippen LogP contribution in [0.15, 0.2) is 17.1 Å². The van der Waals surface area contributed by atoms with Crippen molar-refractivity contribution in [1.82, 2.24) is 9.47 Å².